The summed E-state index contributed by atoms with van der Waals surface area (Å²) in [6.07, 6.45) is 0. The van der Waals surface area contributed by atoms with Gasteiger partial charge in [0, 0.05) is 11.6 Å². The number of rotatable bonds is 2. The van der Waals surface area contributed by atoms with Crippen LogP contribution in [0.2, 0.25) is 0 Å². The van der Waals surface area contributed by atoms with E-state index in [0.717, 1.165) is 0 Å². The lowest BCUT2D eigenvalue weighted by Crippen LogP contribution is -1.94. The highest BCUT2D eigenvalue weighted by molar-refractivity contribution is 6.14. The summed E-state index contributed by atoms with van der Waals surface area (Å²) in [5.41, 5.74) is 0.975. The molecule has 0 amide bonds. The minimum atomic E-state index is -0.815. The maximum absolute atomic E-state index is 11.6. The van der Waals surface area contributed by atoms with Crippen molar-refractivity contribution in [2.45, 2.75) is 0 Å². The van der Waals surface area contributed by atoms with Gasteiger partial charge in [0.05, 0.1) is 5.56 Å². The second-order valence-electron chi connectivity index (χ2n) is 4.35. The van der Waals surface area contributed by atoms with Gasteiger partial charge in [-0.05, 0) is 30.3 Å². The van der Waals surface area contributed by atoms with Crippen molar-refractivity contribution in [2.75, 3.05) is 0 Å². The van der Waals surface area contributed by atoms with E-state index in [9.17, 15) is 15.0 Å². The molecular weight excluding hydrogens is 272 g/mol. The average Bonchev–Trinajstić information content (AvgIpc) is 2.89. The molecular formula is C15H8N2O4. The SMILES string of the molecule is N#CC(=O)c1cc(O)cc2nc(-c3ccc(O)cc3)oc12. The molecule has 0 saturated carbocycles. The Hall–Kier alpha value is -3.33. The minimum absolute atomic E-state index is 0.0370. The predicted molar refractivity (Wildman–Crippen MR) is 72.7 cm³/mol. The van der Waals surface area contributed by atoms with Gasteiger partial charge in [0.25, 0.3) is 5.78 Å². The monoisotopic (exact) mass is 280 g/mol. The lowest BCUT2D eigenvalue weighted by Gasteiger charge is -1.96. The molecule has 0 spiro atoms. The molecule has 2 aromatic carbocycles. The third-order valence-electron chi connectivity index (χ3n) is 2.94. The molecule has 0 unspecified atom stereocenters. The zero-order valence-electron chi connectivity index (χ0n) is 10.6. The Morgan fingerprint density at radius 1 is 1.14 bits per heavy atom. The van der Waals surface area contributed by atoms with E-state index in [1.54, 1.807) is 12.1 Å². The van der Waals surface area contributed by atoms with Crippen molar-refractivity contribution in [3.05, 3.63) is 42.0 Å². The lowest BCUT2D eigenvalue weighted by molar-refractivity contribution is 0.105. The largest absolute Gasteiger partial charge is 0.508 e. The number of nitriles is 1. The van der Waals surface area contributed by atoms with Crippen LogP contribution in [0.4, 0.5) is 0 Å². The molecule has 0 bridgehead atoms. The average molecular weight is 280 g/mol. The first kappa shape index (κ1) is 12.7. The molecule has 0 saturated heterocycles. The molecule has 0 radical (unpaired) electrons. The highest BCUT2D eigenvalue weighted by Crippen LogP contribution is 2.30. The van der Waals surface area contributed by atoms with Crippen molar-refractivity contribution < 1.29 is 19.4 Å². The second kappa shape index (κ2) is 4.65. The fourth-order valence-electron chi connectivity index (χ4n) is 1.97. The highest BCUT2D eigenvalue weighted by atomic mass is 16.3. The van der Waals surface area contributed by atoms with Crippen LogP contribution in [0.3, 0.4) is 0 Å². The van der Waals surface area contributed by atoms with Crippen LogP contribution in [-0.2, 0) is 0 Å². The molecule has 21 heavy (non-hydrogen) atoms. The van der Waals surface area contributed by atoms with E-state index >= 15 is 0 Å². The molecule has 0 aliphatic heterocycles. The van der Waals surface area contributed by atoms with Gasteiger partial charge in [0.1, 0.15) is 23.1 Å². The van der Waals surface area contributed by atoms with E-state index in [1.807, 2.05) is 0 Å². The molecule has 3 aromatic rings. The number of oxazole rings is 1. The van der Waals surface area contributed by atoms with Crippen molar-refractivity contribution in [3.8, 4) is 29.0 Å². The molecule has 3 rings (SSSR count). The minimum Gasteiger partial charge on any atom is -0.508 e. The number of hydrogen-bond donors (Lipinski definition) is 2. The summed E-state index contributed by atoms with van der Waals surface area (Å²) >= 11 is 0. The Kier molecular flexibility index (Phi) is 2.81. The first-order chi connectivity index (χ1) is 10.1. The normalized spacial score (nSPS) is 10.4. The summed E-state index contributed by atoms with van der Waals surface area (Å²) in [5, 5.41) is 27.6. The van der Waals surface area contributed by atoms with Crippen LogP contribution in [0, 0.1) is 11.3 Å². The van der Waals surface area contributed by atoms with E-state index in [1.165, 1.54) is 30.3 Å². The Morgan fingerprint density at radius 3 is 2.52 bits per heavy atom. The molecule has 0 fully saturated rings. The predicted octanol–water partition coefficient (Wildman–Crippen LogP) is 2.61. The van der Waals surface area contributed by atoms with E-state index in [2.05, 4.69) is 4.98 Å². The molecule has 1 aromatic heterocycles. The number of aromatic nitrogens is 1. The second-order valence-corrected chi connectivity index (χ2v) is 4.35. The first-order valence-electron chi connectivity index (χ1n) is 5.96. The van der Waals surface area contributed by atoms with Crippen LogP contribution >= 0.6 is 0 Å². The quantitative estimate of drug-likeness (QED) is 0.552. The van der Waals surface area contributed by atoms with Gasteiger partial charge in [0.15, 0.2) is 5.58 Å². The van der Waals surface area contributed by atoms with E-state index in [0.29, 0.717) is 5.56 Å². The summed E-state index contributed by atoms with van der Waals surface area (Å²) < 4.78 is 5.53. The summed E-state index contributed by atoms with van der Waals surface area (Å²) in [6, 6.07) is 10.2. The fourth-order valence-corrected chi connectivity index (χ4v) is 1.97. The number of phenols is 2. The molecule has 1 heterocycles. The van der Waals surface area contributed by atoms with Crippen molar-refractivity contribution in [2.24, 2.45) is 0 Å². The van der Waals surface area contributed by atoms with Gasteiger partial charge in [-0.25, -0.2) is 4.98 Å². The molecule has 6 heteroatoms. The maximum Gasteiger partial charge on any atom is 0.266 e. The third kappa shape index (κ3) is 2.17. The molecule has 0 aliphatic rings. The van der Waals surface area contributed by atoms with Gasteiger partial charge in [-0.2, -0.15) is 5.26 Å². The molecule has 2 N–H and O–H groups in total. The molecule has 0 aliphatic carbocycles. The summed E-state index contributed by atoms with van der Waals surface area (Å²) in [7, 11) is 0. The molecule has 6 nitrogen and oxygen atoms in total. The molecule has 0 atom stereocenters. The van der Waals surface area contributed by atoms with Gasteiger partial charge in [-0.15, -0.1) is 0 Å². The van der Waals surface area contributed by atoms with Crippen LogP contribution in [0.5, 0.6) is 11.5 Å². The lowest BCUT2D eigenvalue weighted by atomic mass is 10.1. The number of carbonyl (C=O) groups excluding carboxylic acids is 1. The van der Waals surface area contributed by atoms with Gasteiger partial charge in [-0.3, -0.25) is 4.79 Å². The Labute approximate surface area is 118 Å². The van der Waals surface area contributed by atoms with Crippen molar-refractivity contribution in [1.82, 2.24) is 4.98 Å². The number of fused-ring (bicyclic) bond motifs is 1. The third-order valence-corrected chi connectivity index (χ3v) is 2.94. The Bertz CT molecular complexity index is 888. The molecule has 102 valence electrons. The van der Waals surface area contributed by atoms with Crippen LogP contribution in [0.25, 0.3) is 22.6 Å². The summed E-state index contributed by atoms with van der Waals surface area (Å²) in [4.78, 5) is 15.8. The van der Waals surface area contributed by atoms with Crippen LogP contribution in [0.15, 0.2) is 40.8 Å². The number of benzene rings is 2. The van der Waals surface area contributed by atoms with Gasteiger partial charge < -0.3 is 14.6 Å². The van der Waals surface area contributed by atoms with E-state index in [-0.39, 0.29) is 34.1 Å². The standard InChI is InChI=1S/C15H8N2O4/c16-7-13(20)11-5-10(19)6-12-14(11)21-15(17-12)8-1-3-9(18)4-2-8/h1-6,18-19H. The topological polar surface area (TPSA) is 107 Å². The van der Waals surface area contributed by atoms with Crippen molar-refractivity contribution in [1.29, 1.82) is 5.26 Å². The zero-order valence-corrected chi connectivity index (χ0v) is 10.6. The zero-order chi connectivity index (χ0) is 15.0. The van der Waals surface area contributed by atoms with Crippen molar-refractivity contribution >= 4 is 16.9 Å². The number of Topliss-reactive ketones (excluding diaryl/α,β-unsaturated/α-hetero) is 1. The number of hydrogen-bond acceptors (Lipinski definition) is 6. The number of carbonyl (C=O) groups is 1. The number of aromatic hydroxyl groups is 2. The summed E-state index contributed by atoms with van der Waals surface area (Å²) in [5.74, 6) is -0.661. The Balaban J connectivity index is 2.22. The van der Waals surface area contributed by atoms with Gasteiger partial charge >= 0.3 is 0 Å². The fraction of sp³-hybridized carbons (Fsp3) is 0. The van der Waals surface area contributed by atoms with Gasteiger partial charge in [-0.1, -0.05) is 0 Å². The Morgan fingerprint density at radius 2 is 1.86 bits per heavy atom. The maximum atomic E-state index is 11.6. The van der Waals surface area contributed by atoms with Crippen LogP contribution in [0.1, 0.15) is 10.4 Å². The smallest absolute Gasteiger partial charge is 0.266 e. The first-order valence-corrected chi connectivity index (χ1v) is 5.96. The van der Waals surface area contributed by atoms with Gasteiger partial charge in [0.2, 0.25) is 5.89 Å². The highest BCUT2D eigenvalue weighted by Gasteiger charge is 2.18. The van der Waals surface area contributed by atoms with Crippen LogP contribution in [-0.4, -0.2) is 21.0 Å². The van der Waals surface area contributed by atoms with E-state index < -0.39 is 5.78 Å². The number of nitrogens with zero attached hydrogens (tertiary/aromatic N) is 2. The van der Waals surface area contributed by atoms with Crippen LogP contribution < -0.4 is 0 Å². The number of ketones is 1. The van der Waals surface area contributed by atoms with Crippen molar-refractivity contribution in [3.63, 3.8) is 0 Å². The summed E-state index contributed by atoms with van der Waals surface area (Å²) in [6.45, 7) is 0. The number of phenolic OH excluding ortho intramolecular Hbond substituents is 2. The van der Waals surface area contributed by atoms with E-state index in [4.69, 9.17) is 9.68 Å².